The fraction of sp³-hybridized carbons (Fsp3) is 0.424. The van der Waals surface area contributed by atoms with Crippen molar-refractivity contribution >= 4 is 17.5 Å². The number of hydrogen-bond donors (Lipinski definition) is 2. The van der Waals surface area contributed by atoms with Gasteiger partial charge in [0.1, 0.15) is 17.2 Å². The third-order valence-electron chi connectivity index (χ3n) is 6.98. The van der Waals surface area contributed by atoms with E-state index in [1.54, 1.807) is 38.6 Å². The highest BCUT2D eigenvalue weighted by Crippen LogP contribution is 2.40. The normalized spacial score (nSPS) is 11.9. The Labute approximate surface area is 238 Å². The zero-order valence-electron chi connectivity index (χ0n) is 24.7. The lowest BCUT2D eigenvalue weighted by atomic mass is 9.84. The molecule has 3 rings (SSSR count). The van der Waals surface area contributed by atoms with Gasteiger partial charge in [0.2, 0.25) is 5.91 Å². The molecule has 2 amide bonds. The summed E-state index contributed by atoms with van der Waals surface area (Å²) < 4.78 is 11.4. The molecule has 7 heteroatoms. The average Bonchev–Trinajstić information content (AvgIpc) is 2.94. The monoisotopic (exact) mass is 545 g/mol. The summed E-state index contributed by atoms with van der Waals surface area (Å²) in [6.45, 7) is 8.85. The summed E-state index contributed by atoms with van der Waals surface area (Å²) in [5.74, 6) is 1.09. The molecule has 214 valence electrons. The standard InChI is InChI=1S/C33H43N3O4/c1-7-8-9-13-24(31-28(39-5)15-12-16-29(31)40-6)21-30(37)36-27-20-23(17-18-25(27)33(2,3)4)22-35-32(38)26-14-10-11-19-34-26/h10-12,14-20,24H,7-9,13,21-22H2,1-6H3,(H,35,38)(H,36,37). The number of hydrogen-bond acceptors (Lipinski definition) is 5. The minimum atomic E-state index is -0.244. The van der Waals surface area contributed by atoms with E-state index in [1.165, 1.54) is 0 Å². The molecule has 0 spiro atoms. The zero-order valence-corrected chi connectivity index (χ0v) is 24.7. The van der Waals surface area contributed by atoms with Crippen molar-refractivity contribution in [2.24, 2.45) is 0 Å². The molecule has 0 aliphatic carbocycles. The molecule has 40 heavy (non-hydrogen) atoms. The highest BCUT2D eigenvalue weighted by atomic mass is 16.5. The number of amides is 2. The molecular formula is C33H43N3O4. The van der Waals surface area contributed by atoms with Crippen LogP contribution in [0.1, 0.15) is 92.9 Å². The number of anilines is 1. The van der Waals surface area contributed by atoms with E-state index in [0.717, 1.165) is 59.6 Å². The molecule has 7 nitrogen and oxygen atoms in total. The van der Waals surface area contributed by atoms with Crippen molar-refractivity contribution in [3.8, 4) is 11.5 Å². The van der Waals surface area contributed by atoms with E-state index in [4.69, 9.17) is 9.47 Å². The Kier molecular flexibility index (Phi) is 11.1. The Balaban J connectivity index is 1.84. The number of unbranched alkanes of at least 4 members (excludes halogenated alkanes) is 2. The van der Waals surface area contributed by atoms with Crippen LogP contribution < -0.4 is 20.1 Å². The number of pyridine rings is 1. The molecule has 0 aliphatic heterocycles. The molecule has 0 aliphatic rings. The van der Waals surface area contributed by atoms with Crippen molar-refractivity contribution in [3.63, 3.8) is 0 Å². The summed E-state index contributed by atoms with van der Waals surface area (Å²) in [7, 11) is 3.30. The van der Waals surface area contributed by atoms with Crippen LogP contribution >= 0.6 is 0 Å². The summed E-state index contributed by atoms with van der Waals surface area (Å²) in [4.78, 5) is 30.2. The molecule has 2 N–H and O–H groups in total. The van der Waals surface area contributed by atoms with Crippen molar-refractivity contribution in [1.29, 1.82) is 0 Å². The Morgan fingerprint density at radius 2 is 1.68 bits per heavy atom. The van der Waals surface area contributed by atoms with Gasteiger partial charge in [-0.05, 0) is 59.2 Å². The van der Waals surface area contributed by atoms with Crippen LogP contribution in [0.2, 0.25) is 0 Å². The molecule has 1 aromatic heterocycles. The summed E-state index contributed by atoms with van der Waals surface area (Å²) in [5, 5.41) is 6.12. The number of carbonyl (C=O) groups is 2. The van der Waals surface area contributed by atoms with Crippen LogP contribution in [0, 0.1) is 0 Å². The maximum Gasteiger partial charge on any atom is 0.270 e. The van der Waals surface area contributed by atoms with Gasteiger partial charge in [0, 0.05) is 30.4 Å². The van der Waals surface area contributed by atoms with Gasteiger partial charge in [0.15, 0.2) is 0 Å². The number of carbonyl (C=O) groups excluding carboxylic acids is 2. The van der Waals surface area contributed by atoms with E-state index in [1.807, 2.05) is 36.4 Å². The highest BCUT2D eigenvalue weighted by Gasteiger charge is 2.25. The third-order valence-corrected chi connectivity index (χ3v) is 6.98. The second-order valence-corrected chi connectivity index (χ2v) is 11.0. The van der Waals surface area contributed by atoms with Crippen molar-refractivity contribution in [2.75, 3.05) is 19.5 Å². The molecule has 3 aromatic rings. The van der Waals surface area contributed by atoms with Crippen LogP contribution in [-0.2, 0) is 16.8 Å². The van der Waals surface area contributed by atoms with Crippen LogP contribution in [0.25, 0.3) is 0 Å². The molecule has 1 atom stereocenters. The summed E-state index contributed by atoms with van der Waals surface area (Å²) >= 11 is 0. The third kappa shape index (κ3) is 8.31. The molecular weight excluding hydrogens is 502 g/mol. The first-order valence-corrected chi connectivity index (χ1v) is 14.0. The van der Waals surface area contributed by atoms with Crippen LogP contribution in [-0.4, -0.2) is 31.0 Å². The minimum Gasteiger partial charge on any atom is -0.496 e. The molecule has 0 bridgehead atoms. The maximum atomic E-state index is 13.6. The number of aromatic nitrogens is 1. The maximum absolute atomic E-state index is 13.6. The van der Waals surface area contributed by atoms with Crippen LogP contribution in [0.15, 0.2) is 60.8 Å². The van der Waals surface area contributed by atoms with Crippen LogP contribution in [0.4, 0.5) is 5.69 Å². The minimum absolute atomic E-state index is 0.0587. The number of methoxy groups -OCH3 is 2. The first kappa shape index (κ1) is 30.7. The van der Waals surface area contributed by atoms with E-state index in [9.17, 15) is 9.59 Å². The Bertz CT molecular complexity index is 1250. The zero-order chi connectivity index (χ0) is 29.1. The predicted molar refractivity (Wildman–Crippen MR) is 160 cm³/mol. The number of benzene rings is 2. The second-order valence-electron chi connectivity index (χ2n) is 11.0. The van der Waals surface area contributed by atoms with Gasteiger partial charge in [0.05, 0.1) is 14.2 Å². The number of nitrogens with zero attached hydrogens (tertiary/aromatic N) is 1. The van der Waals surface area contributed by atoms with Crippen LogP contribution in [0.3, 0.4) is 0 Å². The van der Waals surface area contributed by atoms with E-state index in [-0.39, 0.29) is 23.1 Å². The van der Waals surface area contributed by atoms with E-state index >= 15 is 0 Å². The first-order valence-electron chi connectivity index (χ1n) is 14.0. The number of nitrogens with one attached hydrogen (secondary N) is 2. The molecule has 1 heterocycles. The smallest absolute Gasteiger partial charge is 0.270 e. The Hall–Kier alpha value is -3.87. The Morgan fingerprint density at radius 3 is 2.27 bits per heavy atom. The largest absolute Gasteiger partial charge is 0.496 e. The molecule has 0 saturated heterocycles. The SMILES string of the molecule is CCCCCC(CC(=O)Nc1cc(CNC(=O)c2ccccn2)ccc1C(C)(C)C)c1c(OC)cccc1OC. The van der Waals surface area contributed by atoms with Gasteiger partial charge in [-0.25, -0.2) is 0 Å². The van der Waals surface area contributed by atoms with Gasteiger partial charge < -0.3 is 20.1 Å². The lowest BCUT2D eigenvalue weighted by molar-refractivity contribution is -0.116. The van der Waals surface area contributed by atoms with Crippen LogP contribution in [0.5, 0.6) is 11.5 Å². The molecule has 0 radical (unpaired) electrons. The number of rotatable bonds is 13. The molecule has 1 unspecified atom stereocenters. The van der Waals surface area contributed by atoms with Gasteiger partial charge in [-0.1, -0.05) is 71.2 Å². The second kappa shape index (κ2) is 14.5. The topological polar surface area (TPSA) is 89.6 Å². The lowest BCUT2D eigenvalue weighted by Crippen LogP contribution is -2.24. The highest BCUT2D eigenvalue weighted by molar-refractivity contribution is 5.93. The summed E-state index contributed by atoms with van der Waals surface area (Å²) in [6.07, 6.45) is 5.94. The van der Waals surface area contributed by atoms with E-state index in [2.05, 4.69) is 43.3 Å². The number of ether oxygens (including phenoxy) is 2. The van der Waals surface area contributed by atoms with Crippen molar-refractivity contribution in [2.45, 2.75) is 77.7 Å². The van der Waals surface area contributed by atoms with Gasteiger partial charge in [0.25, 0.3) is 5.91 Å². The fourth-order valence-electron chi connectivity index (χ4n) is 4.93. The fourth-order valence-corrected chi connectivity index (χ4v) is 4.93. The average molecular weight is 546 g/mol. The van der Waals surface area contributed by atoms with Gasteiger partial charge in [-0.2, -0.15) is 0 Å². The molecule has 0 fully saturated rings. The van der Waals surface area contributed by atoms with Gasteiger partial charge >= 0.3 is 0 Å². The van der Waals surface area contributed by atoms with Crippen molar-refractivity contribution in [3.05, 3.63) is 83.2 Å². The Morgan fingerprint density at radius 1 is 0.950 bits per heavy atom. The predicted octanol–water partition coefficient (Wildman–Crippen LogP) is 7.02. The van der Waals surface area contributed by atoms with Crippen molar-refractivity contribution in [1.82, 2.24) is 10.3 Å². The molecule has 0 saturated carbocycles. The summed E-state index contributed by atoms with van der Waals surface area (Å²) in [5.41, 5.74) is 3.77. The van der Waals surface area contributed by atoms with E-state index < -0.39 is 0 Å². The van der Waals surface area contributed by atoms with Gasteiger partial charge in [-0.3, -0.25) is 14.6 Å². The van der Waals surface area contributed by atoms with Gasteiger partial charge in [-0.15, -0.1) is 0 Å². The molecule has 2 aromatic carbocycles. The quantitative estimate of drug-likeness (QED) is 0.225. The van der Waals surface area contributed by atoms with E-state index in [0.29, 0.717) is 18.7 Å². The lowest BCUT2D eigenvalue weighted by Gasteiger charge is -2.25. The first-order chi connectivity index (χ1) is 19.2. The van der Waals surface area contributed by atoms with Crippen molar-refractivity contribution < 1.29 is 19.1 Å². The summed E-state index contributed by atoms with van der Waals surface area (Å²) in [6, 6.07) is 16.9.